The van der Waals surface area contributed by atoms with Gasteiger partial charge in [-0.3, -0.25) is 4.57 Å². The molecular weight excluding hydrogens is 470 g/mol. The van der Waals surface area contributed by atoms with Crippen LogP contribution in [0, 0.1) is 11.3 Å². The van der Waals surface area contributed by atoms with Gasteiger partial charge in [0.15, 0.2) is 5.65 Å². The fraction of sp³-hybridized carbons (Fsp3) is 0.556. The highest BCUT2D eigenvalue weighted by atomic mass is 16.5. The Hall–Kier alpha value is -3.08. The number of fused-ring (bicyclic) bond motifs is 2. The highest BCUT2D eigenvalue weighted by Crippen LogP contribution is 2.38. The molecule has 0 bridgehead atoms. The number of aryl methyl sites for hydroxylation is 1. The van der Waals surface area contributed by atoms with Crippen molar-refractivity contribution in [3.63, 3.8) is 0 Å². The minimum Gasteiger partial charge on any atom is -0.396 e. The van der Waals surface area contributed by atoms with Crippen molar-refractivity contribution in [2.75, 3.05) is 37.8 Å². The van der Waals surface area contributed by atoms with Crippen LogP contribution in [0.2, 0.25) is 0 Å². The summed E-state index contributed by atoms with van der Waals surface area (Å²) in [7, 11) is 0. The van der Waals surface area contributed by atoms with Crippen LogP contribution < -0.4 is 4.90 Å². The van der Waals surface area contributed by atoms with Gasteiger partial charge in [-0.2, -0.15) is 4.98 Å². The molecule has 1 aromatic carbocycles. The van der Waals surface area contributed by atoms with Crippen LogP contribution in [0.1, 0.15) is 45.8 Å². The van der Waals surface area contributed by atoms with Gasteiger partial charge >= 0.3 is 0 Å². The maximum absolute atomic E-state index is 10.0. The van der Waals surface area contributed by atoms with Gasteiger partial charge < -0.3 is 24.4 Å². The summed E-state index contributed by atoms with van der Waals surface area (Å²) in [6, 6.07) is 6.25. The van der Waals surface area contributed by atoms with E-state index in [4.69, 9.17) is 19.7 Å². The molecule has 0 radical (unpaired) electrons. The molecule has 0 saturated carbocycles. The molecule has 2 N–H and O–H groups in total. The van der Waals surface area contributed by atoms with Gasteiger partial charge in [-0.05, 0) is 50.7 Å². The van der Waals surface area contributed by atoms with Crippen LogP contribution in [0.15, 0.2) is 30.9 Å². The minimum atomic E-state index is -0.482. The first-order valence-corrected chi connectivity index (χ1v) is 13.3. The van der Waals surface area contributed by atoms with Gasteiger partial charge in [-0.1, -0.05) is 13.0 Å². The molecule has 2 atom stereocenters. The molecule has 6 rings (SSSR count). The summed E-state index contributed by atoms with van der Waals surface area (Å²) in [4.78, 5) is 21.6. The quantitative estimate of drug-likeness (QED) is 0.410. The molecule has 4 aromatic rings. The van der Waals surface area contributed by atoms with Gasteiger partial charge in [0.1, 0.15) is 17.4 Å². The second-order valence-electron chi connectivity index (χ2n) is 10.5. The van der Waals surface area contributed by atoms with E-state index in [1.165, 1.54) is 0 Å². The zero-order chi connectivity index (χ0) is 25.6. The number of piperidine rings is 1. The predicted molar refractivity (Wildman–Crippen MR) is 141 cm³/mol. The van der Waals surface area contributed by atoms with Gasteiger partial charge in [0.25, 0.3) is 0 Å². The van der Waals surface area contributed by atoms with E-state index in [0.29, 0.717) is 25.5 Å². The van der Waals surface area contributed by atoms with Crippen molar-refractivity contribution in [3.05, 3.63) is 30.9 Å². The first-order chi connectivity index (χ1) is 18.1. The molecule has 5 heterocycles. The van der Waals surface area contributed by atoms with E-state index in [1.54, 1.807) is 0 Å². The van der Waals surface area contributed by atoms with Gasteiger partial charge in [-0.25, -0.2) is 15.0 Å². The Morgan fingerprint density at radius 2 is 1.97 bits per heavy atom. The fourth-order valence-electron chi connectivity index (χ4n) is 5.79. The minimum absolute atomic E-state index is 0.0279. The molecule has 3 aromatic heterocycles. The maximum Gasteiger partial charge on any atom is 0.228 e. The second kappa shape index (κ2) is 9.66. The molecular formula is C27H35N7O3. The zero-order valence-corrected chi connectivity index (χ0v) is 21.5. The van der Waals surface area contributed by atoms with Crippen LogP contribution in [0.5, 0.6) is 0 Å². The van der Waals surface area contributed by atoms with Crippen molar-refractivity contribution < 1.29 is 14.9 Å². The number of imidazole rings is 2. The lowest BCUT2D eigenvalue weighted by Gasteiger charge is -2.44. The summed E-state index contributed by atoms with van der Waals surface area (Å²) in [6.07, 6.45) is 7.39. The number of anilines is 1. The highest BCUT2D eigenvalue weighted by molar-refractivity contribution is 5.91. The number of aromatic nitrogens is 6. The number of hydrogen-bond donors (Lipinski definition) is 2. The summed E-state index contributed by atoms with van der Waals surface area (Å²) in [5, 5.41) is 20.0. The molecule has 2 saturated heterocycles. The van der Waals surface area contributed by atoms with Gasteiger partial charge in [-0.15, -0.1) is 0 Å². The molecule has 2 aliphatic rings. The molecule has 0 amide bonds. The molecule has 0 spiro atoms. The molecule has 10 heteroatoms. The Kier molecular flexibility index (Phi) is 6.34. The molecule has 2 unspecified atom stereocenters. The molecule has 2 aliphatic heterocycles. The lowest BCUT2D eigenvalue weighted by atomic mass is 9.72. The average molecular weight is 506 g/mol. The maximum atomic E-state index is 10.0. The molecule has 2 fully saturated rings. The van der Waals surface area contributed by atoms with E-state index in [1.807, 2.05) is 17.2 Å². The van der Waals surface area contributed by atoms with E-state index in [2.05, 4.69) is 46.5 Å². The van der Waals surface area contributed by atoms with E-state index in [0.717, 1.165) is 65.9 Å². The predicted octanol–water partition coefficient (Wildman–Crippen LogP) is 3.38. The molecule has 10 nitrogen and oxygen atoms in total. The normalized spacial score (nSPS) is 22.2. The van der Waals surface area contributed by atoms with Crippen molar-refractivity contribution in [1.82, 2.24) is 29.1 Å². The lowest BCUT2D eigenvalue weighted by Crippen LogP contribution is -2.50. The van der Waals surface area contributed by atoms with E-state index < -0.39 is 5.41 Å². The van der Waals surface area contributed by atoms with Gasteiger partial charge in [0.05, 0.1) is 36.9 Å². The Morgan fingerprint density at radius 3 is 2.70 bits per heavy atom. The summed E-state index contributed by atoms with van der Waals surface area (Å²) in [6.45, 7) is 7.04. The Balaban J connectivity index is 1.47. The number of aliphatic hydroxyl groups is 2. The van der Waals surface area contributed by atoms with Crippen LogP contribution in [0.25, 0.3) is 33.5 Å². The molecule has 0 aliphatic carbocycles. The summed E-state index contributed by atoms with van der Waals surface area (Å²) in [5.74, 6) is 0.718. The first kappa shape index (κ1) is 24.3. The standard InChI is InChI=1S/C27H35N7O3/c1-3-32-16-28-20-12-19(7-8-21(20)32)23-24-25(34(17-29-24)22-6-4-5-11-37-22)31-26(30-23)33-10-9-27(14-35,15-36)18(2)13-33/h7-8,12,16-18,22,35-36H,3-6,9-11,13-15H2,1-2H3. The first-order valence-electron chi connectivity index (χ1n) is 13.3. The zero-order valence-electron chi connectivity index (χ0n) is 21.5. The summed E-state index contributed by atoms with van der Waals surface area (Å²) < 4.78 is 10.3. The van der Waals surface area contributed by atoms with E-state index in [-0.39, 0.29) is 25.4 Å². The third kappa shape index (κ3) is 4.07. The van der Waals surface area contributed by atoms with Crippen LogP contribution >= 0.6 is 0 Å². The monoisotopic (exact) mass is 505 g/mol. The number of hydrogen-bond acceptors (Lipinski definition) is 8. The number of benzene rings is 1. The number of aliphatic hydroxyl groups excluding tert-OH is 2. The SMILES string of the molecule is CCn1cnc2cc(-c3nc(N4CCC(CO)(CO)C(C)C4)nc4c3ncn4C3CCCCO3)ccc21. The Bertz CT molecular complexity index is 1400. The van der Waals surface area contributed by atoms with Crippen molar-refractivity contribution in [3.8, 4) is 11.3 Å². The third-order valence-corrected chi connectivity index (χ3v) is 8.44. The second-order valence-corrected chi connectivity index (χ2v) is 10.5. The Morgan fingerprint density at radius 1 is 1.11 bits per heavy atom. The number of nitrogens with zero attached hydrogens (tertiary/aromatic N) is 7. The van der Waals surface area contributed by atoms with Gasteiger partial charge in [0, 0.05) is 37.2 Å². The largest absolute Gasteiger partial charge is 0.396 e. The smallest absolute Gasteiger partial charge is 0.228 e. The van der Waals surface area contributed by atoms with Crippen LogP contribution in [0.4, 0.5) is 5.95 Å². The highest BCUT2D eigenvalue weighted by Gasteiger charge is 2.40. The molecule has 37 heavy (non-hydrogen) atoms. The van der Waals surface area contributed by atoms with Crippen LogP contribution in [-0.4, -0.2) is 72.2 Å². The Labute approximate surface area is 215 Å². The van der Waals surface area contributed by atoms with Gasteiger partial charge in [0.2, 0.25) is 5.95 Å². The van der Waals surface area contributed by atoms with Crippen molar-refractivity contribution in [2.45, 2.75) is 52.3 Å². The third-order valence-electron chi connectivity index (χ3n) is 8.44. The van der Waals surface area contributed by atoms with Crippen molar-refractivity contribution in [1.29, 1.82) is 0 Å². The lowest BCUT2D eigenvalue weighted by molar-refractivity contribution is -0.0298. The summed E-state index contributed by atoms with van der Waals surface area (Å²) in [5.41, 5.74) is 4.76. The topological polar surface area (TPSA) is 114 Å². The average Bonchev–Trinajstić information content (AvgIpc) is 3.57. The summed E-state index contributed by atoms with van der Waals surface area (Å²) >= 11 is 0. The van der Waals surface area contributed by atoms with Crippen LogP contribution in [0.3, 0.4) is 0 Å². The van der Waals surface area contributed by atoms with Crippen LogP contribution in [-0.2, 0) is 11.3 Å². The van der Waals surface area contributed by atoms with Crippen molar-refractivity contribution >= 4 is 28.1 Å². The number of rotatable bonds is 6. The number of ether oxygens (including phenoxy) is 1. The molecule has 196 valence electrons. The van der Waals surface area contributed by atoms with E-state index in [9.17, 15) is 10.2 Å². The van der Waals surface area contributed by atoms with E-state index >= 15 is 0 Å². The van der Waals surface area contributed by atoms with Crippen molar-refractivity contribution in [2.24, 2.45) is 11.3 Å². The fourth-order valence-corrected chi connectivity index (χ4v) is 5.79.